The molecule has 0 saturated carbocycles. The van der Waals surface area contributed by atoms with Gasteiger partial charge < -0.3 is 0 Å². The number of aryl methyl sites for hydroxylation is 1. The van der Waals surface area contributed by atoms with Gasteiger partial charge in [0.05, 0.1) is 16.1 Å². The third kappa shape index (κ3) is 3.42. The van der Waals surface area contributed by atoms with Crippen molar-refractivity contribution < 1.29 is 9.85 Å². The standard InChI is InChI=1S/C14H12N4O4/c1-10-6-7-11(8-14(10)18(21)22)9-15-16-12-4-2-3-5-13(12)17(19)20/h2-9,16H,1H3/b15-9-. The summed E-state index contributed by atoms with van der Waals surface area (Å²) < 4.78 is 0. The van der Waals surface area contributed by atoms with Crippen molar-refractivity contribution >= 4 is 23.3 Å². The summed E-state index contributed by atoms with van der Waals surface area (Å²) >= 11 is 0. The number of nitrogens with zero attached hydrogens (tertiary/aromatic N) is 3. The number of hydrogen-bond donors (Lipinski definition) is 1. The Morgan fingerprint density at radius 1 is 1.05 bits per heavy atom. The van der Waals surface area contributed by atoms with E-state index in [-0.39, 0.29) is 17.1 Å². The molecule has 22 heavy (non-hydrogen) atoms. The molecule has 0 saturated heterocycles. The fraction of sp³-hybridized carbons (Fsp3) is 0.0714. The summed E-state index contributed by atoms with van der Waals surface area (Å²) in [6, 6.07) is 10.7. The molecule has 0 spiro atoms. The van der Waals surface area contributed by atoms with E-state index in [4.69, 9.17) is 0 Å². The second kappa shape index (κ2) is 6.44. The van der Waals surface area contributed by atoms with Gasteiger partial charge in [-0.2, -0.15) is 5.10 Å². The van der Waals surface area contributed by atoms with Crippen molar-refractivity contribution in [1.82, 2.24) is 0 Å². The largest absolute Gasteiger partial charge is 0.294 e. The first-order valence-corrected chi connectivity index (χ1v) is 6.26. The van der Waals surface area contributed by atoms with Crippen LogP contribution in [-0.4, -0.2) is 16.1 Å². The molecular weight excluding hydrogens is 288 g/mol. The normalized spacial score (nSPS) is 10.6. The number of rotatable bonds is 5. The van der Waals surface area contributed by atoms with Crippen LogP contribution in [0.2, 0.25) is 0 Å². The van der Waals surface area contributed by atoms with Crippen LogP contribution in [0.1, 0.15) is 11.1 Å². The molecule has 1 N–H and O–H groups in total. The molecule has 0 unspecified atom stereocenters. The summed E-state index contributed by atoms with van der Waals surface area (Å²) in [6.07, 6.45) is 1.36. The number of anilines is 1. The molecule has 8 heteroatoms. The topological polar surface area (TPSA) is 111 Å². The number of hydrazone groups is 1. The second-order valence-electron chi connectivity index (χ2n) is 4.45. The minimum atomic E-state index is -0.519. The Morgan fingerprint density at radius 3 is 2.41 bits per heavy atom. The third-order valence-electron chi connectivity index (χ3n) is 2.93. The molecule has 0 aromatic heterocycles. The number of nitrogens with one attached hydrogen (secondary N) is 1. The van der Waals surface area contributed by atoms with Gasteiger partial charge in [-0.05, 0) is 13.0 Å². The van der Waals surface area contributed by atoms with Gasteiger partial charge in [0.15, 0.2) is 0 Å². The monoisotopic (exact) mass is 300 g/mol. The van der Waals surface area contributed by atoms with Crippen molar-refractivity contribution in [3.8, 4) is 0 Å². The second-order valence-corrected chi connectivity index (χ2v) is 4.45. The Hall–Kier alpha value is -3.29. The first-order chi connectivity index (χ1) is 10.5. The number of para-hydroxylation sites is 2. The summed E-state index contributed by atoms with van der Waals surface area (Å²) in [7, 11) is 0. The maximum atomic E-state index is 10.9. The SMILES string of the molecule is Cc1ccc(/C=N\Nc2ccccc2[N+](=O)[O-])cc1[N+](=O)[O-]. The lowest BCUT2D eigenvalue weighted by atomic mass is 10.1. The first-order valence-electron chi connectivity index (χ1n) is 6.26. The van der Waals surface area contributed by atoms with Gasteiger partial charge in [0.1, 0.15) is 5.69 Å². The van der Waals surface area contributed by atoms with Crippen LogP contribution in [0.4, 0.5) is 17.1 Å². The van der Waals surface area contributed by atoms with E-state index in [9.17, 15) is 20.2 Å². The van der Waals surface area contributed by atoms with E-state index in [1.807, 2.05) is 0 Å². The van der Waals surface area contributed by atoms with Crippen LogP contribution in [-0.2, 0) is 0 Å². The summed E-state index contributed by atoms with van der Waals surface area (Å²) in [6.45, 7) is 1.64. The lowest BCUT2D eigenvalue weighted by molar-refractivity contribution is -0.385. The Bertz CT molecular complexity index is 758. The lowest BCUT2D eigenvalue weighted by Crippen LogP contribution is -1.97. The van der Waals surface area contributed by atoms with Crippen molar-refractivity contribution in [3.63, 3.8) is 0 Å². The predicted octanol–water partition coefficient (Wildman–Crippen LogP) is 3.26. The van der Waals surface area contributed by atoms with E-state index in [1.54, 1.807) is 31.2 Å². The number of hydrogen-bond acceptors (Lipinski definition) is 6. The molecule has 2 aromatic carbocycles. The molecule has 8 nitrogen and oxygen atoms in total. The van der Waals surface area contributed by atoms with Crippen LogP contribution < -0.4 is 5.43 Å². The number of nitro benzene ring substituents is 2. The minimum absolute atomic E-state index is 0.00496. The summed E-state index contributed by atoms with van der Waals surface area (Å²) in [5, 5.41) is 25.6. The quantitative estimate of drug-likeness (QED) is 0.517. The molecule has 0 atom stereocenters. The maximum absolute atomic E-state index is 10.9. The minimum Gasteiger partial charge on any atom is -0.272 e. The van der Waals surface area contributed by atoms with Gasteiger partial charge in [-0.25, -0.2) is 0 Å². The van der Waals surface area contributed by atoms with E-state index >= 15 is 0 Å². The van der Waals surface area contributed by atoms with Gasteiger partial charge in [0.25, 0.3) is 11.4 Å². The van der Waals surface area contributed by atoms with Gasteiger partial charge in [0.2, 0.25) is 0 Å². The molecular formula is C14H12N4O4. The van der Waals surface area contributed by atoms with Crippen molar-refractivity contribution in [2.75, 3.05) is 5.43 Å². The maximum Gasteiger partial charge on any atom is 0.294 e. The molecule has 0 aliphatic carbocycles. The average Bonchev–Trinajstić information content (AvgIpc) is 2.49. The predicted molar refractivity (Wildman–Crippen MR) is 82.1 cm³/mol. The molecule has 0 heterocycles. The van der Waals surface area contributed by atoms with Crippen LogP contribution in [0.3, 0.4) is 0 Å². The van der Waals surface area contributed by atoms with Crippen molar-refractivity contribution in [3.05, 3.63) is 73.8 Å². The Labute approximate surface area is 125 Å². The molecule has 0 fully saturated rings. The molecule has 112 valence electrons. The van der Waals surface area contributed by atoms with E-state index in [2.05, 4.69) is 10.5 Å². The zero-order valence-corrected chi connectivity index (χ0v) is 11.6. The summed E-state index contributed by atoms with van der Waals surface area (Å²) in [4.78, 5) is 20.7. The highest BCUT2D eigenvalue weighted by atomic mass is 16.6. The molecule has 0 radical (unpaired) electrons. The highest BCUT2D eigenvalue weighted by Crippen LogP contribution is 2.23. The first kappa shape index (κ1) is 15.1. The van der Waals surface area contributed by atoms with Gasteiger partial charge in [0, 0.05) is 23.3 Å². The Balaban J connectivity index is 2.19. The molecule has 0 aliphatic heterocycles. The zero-order valence-electron chi connectivity index (χ0n) is 11.6. The van der Waals surface area contributed by atoms with Crippen molar-refractivity contribution in [1.29, 1.82) is 0 Å². The molecule has 0 amide bonds. The number of nitro groups is 2. The fourth-order valence-electron chi connectivity index (χ4n) is 1.81. The van der Waals surface area contributed by atoms with Crippen LogP contribution >= 0.6 is 0 Å². The van der Waals surface area contributed by atoms with Gasteiger partial charge in [-0.15, -0.1) is 0 Å². The highest BCUT2D eigenvalue weighted by molar-refractivity contribution is 5.82. The van der Waals surface area contributed by atoms with Crippen LogP contribution in [0.25, 0.3) is 0 Å². The molecule has 2 rings (SSSR count). The van der Waals surface area contributed by atoms with Gasteiger partial charge >= 0.3 is 0 Å². The smallest absolute Gasteiger partial charge is 0.272 e. The summed E-state index contributed by atoms with van der Waals surface area (Å²) in [5.74, 6) is 0. The zero-order chi connectivity index (χ0) is 16.1. The average molecular weight is 300 g/mol. The van der Waals surface area contributed by atoms with Crippen LogP contribution in [0.5, 0.6) is 0 Å². The van der Waals surface area contributed by atoms with E-state index in [0.29, 0.717) is 11.1 Å². The van der Waals surface area contributed by atoms with Gasteiger partial charge in [-0.1, -0.05) is 24.3 Å². The Morgan fingerprint density at radius 2 is 1.73 bits per heavy atom. The molecule has 0 bridgehead atoms. The third-order valence-corrected chi connectivity index (χ3v) is 2.93. The van der Waals surface area contributed by atoms with Crippen LogP contribution in [0, 0.1) is 27.2 Å². The lowest BCUT2D eigenvalue weighted by Gasteiger charge is -2.01. The Kier molecular flexibility index (Phi) is 4.42. The fourth-order valence-corrected chi connectivity index (χ4v) is 1.81. The van der Waals surface area contributed by atoms with Crippen molar-refractivity contribution in [2.24, 2.45) is 5.10 Å². The molecule has 0 aliphatic rings. The van der Waals surface area contributed by atoms with E-state index in [0.717, 1.165) is 0 Å². The highest BCUT2D eigenvalue weighted by Gasteiger charge is 2.12. The van der Waals surface area contributed by atoms with Crippen LogP contribution in [0.15, 0.2) is 47.6 Å². The number of benzene rings is 2. The molecule has 2 aromatic rings. The van der Waals surface area contributed by atoms with Crippen molar-refractivity contribution in [2.45, 2.75) is 6.92 Å². The summed E-state index contributed by atoms with van der Waals surface area (Å²) in [5.41, 5.74) is 3.76. The van der Waals surface area contributed by atoms with E-state index < -0.39 is 9.85 Å². The van der Waals surface area contributed by atoms with E-state index in [1.165, 1.54) is 24.4 Å². The van der Waals surface area contributed by atoms with Gasteiger partial charge in [-0.3, -0.25) is 25.7 Å².